The van der Waals surface area contributed by atoms with E-state index in [4.69, 9.17) is 5.73 Å². The van der Waals surface area contributed by atoms with Crippen LogP contribution in [0, 0.1) is 0 Å². The Morgan fingerprint density at radius 2 is 2.21 bits per heavy atom. The summed E-state index contributed by atoms with van der Waals surface area (Å²) in [6, 6.07) is 1.69. The van der Waals surface area contributed by atoms with Crippen molar-refractivity contribution >= 4 is 23.0 Å². The third-order valence-corrected chi connectivity index (χ3v) is 3.76. The molecule has 0 radical (unpaired) electrons. The Labute approximate surface area is 138 Å². The highest BCUT2D eigenvalue weighted by molar-refractivity contribution is 5.96. The first-order chi connectivity index (χ1) is 11.6. The maximum Gasteiger partial charge on any atom is 0.253 e. The second-order valence-electron chi connectivity index (χ2n) is 5.40. The lowest BCUT2D eigenvalue weighted by Gasteiger charge is -2.07. The topological polar surface area (TPSA) is 117 Å². The molecule has 3 rings (SSSR count). The molecule has 0 aromatic carbocycles. The van der Waals surface area contributed by atoms with Gasteiger partial charge in [0.2, 0.25) is 5.95 Å². The summed E-state index contributed by atoms with van der Waals surface area (Å²) in [6.07, 6.45) is 4.17. The van der Waals surface area contributed by atoms with Crippen LogP contribution in [0.2, 0.25) is 0 Å². The van der Waals surface area contributed by atoms with Gasteiger partial charge in [0.15, 0.2) is 11.5 Å². The number of nitrogens with two attached hydrogens (primary N) is 1. The molecule has 9 heteroatoms. The number of nitrogens with zero attached hydrogens (tertiary/aromatic N) is 6. The minimum absolute atomic E-state index is 0.236. The van der Waals surface area contributed by atoms with E-state index >= 15 is 0 Å². The van der Waals surface area contributed by atoms with Gasteiger partial charge in [-0.3, -0.25) is 9.36 Å². The van der Waals surface area contributed by atoms with Crippen molar-refractivity contribution < 1.29 is 4.79 Å². The molecule has 0 aliphatic heterocycles. The van der Waals surface area contributed by atoms with E-state index in [-0.39, 0.29) is 5.91 Å². The third kappa shape index (κ3) is 2.92. The molecule has 0 saturated carbocycles. The van der Waals surface area contributed by atoms with Crippen LogP contribution in [0.15, 0.2) is 18.6 Å². The highest BCUT2D eigenvalue weighted by Gasteiger charge is 2.13. The zero-order valence-corrected chi connectivity index (χ0v) is 13.7. The van der Waals surface area contributed by atoms with E-state index < -0.39 is 0 Å². The fraction of sp³-hybridized carbons (Fsp3) is 0.400. The zero-order chi connectivity index (χ0) is 17.1. The number of carbonyl (C=O) groups is 1. The van der Waals surface area contributed by atoms with Crippen molar-refractivity contribution in [2.75, 3.05) is 5.73 Å². The van der Waals surface area contributed by atoms with Crippen LogP contribution in [0.3, 0.4) is 0 Å². The molecule has 0 aliphatic carbocycles. The fourth-order valence-corrected chi connectivity index (χ4v) is 2.57. The molecule has 24 heavy (non-hydrogen) atoms. The highest BCUT2D eigenvalue weighted by atomic mass is 16.1. The maximum atomic E-state index is 12.3. The first kappa shape index (κ1) is 15.9. The number of nitrogen functional groups attached to an aromatic ring is 1. The summed E-state index contributed by atoms with van der Waals surface area (Å²) in [5.41, 5.74) is 7.57. The standard InChI is InChI=1S/C15H20N8O/c1-3-5-22-9-19-21-12(22)8-18-14(24)10-6-11-13(17-7-10)23(4-2)15(16)20-11/h6-7,9H,3-5,8H2,1-2H3,(H2,16,20)(H,18,24). The largest absolute Gasteiger partial charge is 0.369 e. The Balaban J connectivity index is 1.75. The van der Waals surface area contributed by atoms with E-state index in [2.05, 4.69) is 32.4 Å². The van der Waals surface area contributed by atoms with Crippen LogP contribution >= 0.6 is 0 Å². The van der Waals surface area contributed by atoms with E-state index in [0.29, 0.717) is 35.8 Å². The van der Waals surface area contributed by atoms with E-state index in [9.17, 15) is 4.79 Å². The lowest BCUT2D eigenvalue weighted by atomic mass is 10.2. The number of amides is 1. The molecule has 0 spiro atoms. The Kier molecular flexibility index (Phi) is 4.41. The molecular formula is C15H20N8O. The van der Waals surface area contributed by atoms with E-state index in [1.54, 1.807) is 17.0 Å². The van der Waals surface area contributed by atoms with Crippen LogP contribution in [0.4, 0.5) is 5.95 Å². The number of hydrogen-bond donors (Lipinski definition) is 2. The van der Waals surface area contributed by atoms with Crippen LogP contribution in [0.1, 0.15) is 36.5 Å². The quantitative estimate of drug-likeness (QED) is 0.696. The summed E-state index contributed by atoms with van der Waals surface area (Å²) in [5, 5.41) is 10.7. The Morgan fingerprint density at radius 3 is 2.96 bits per heavy atom. The molecular weight excluding hydrogens is 308 g/mol. The lowest BCUT2D eigenvalue weighted by Crippen LogP contribution is -2.25. The summed E-state index contributed by atoms with van der Waals surface area (Å²) < 4.78 is 3.72. The van der Waals surface area contributed by atoms with Crippen LogP contribution in [-0.2, 0) is 19.6 Å². The van der Waals surface area contributed by atoms with E-state index in [0.717, 1.165) is 18.8 Å². The van der Waals surface area contributed by atoms with Gasteiger partial charge in [-0.1, -0.05) is 6.92 Å². The minimum atomic E-state index is -0.236. The second kappa shape index (κ2) is 6.65. The summed E-state index contributed by atoms with van der Waals surface area (Å²) in [4.78, 5) is 20.9. The maximum absolute atomic E-state index is 12.3. The molecule has 0 aliphatic rings. The summed E-state index contributed by atoms with van der Waals surface area (Å²) in [6.45, 7) is 5.84. The van der Waals surface area contributed by atoms with Crippen molar-refractivity contribution in [1.82, 2.24) is 34.6 Å². The Hall–Kier alpha value is -2.97. The fourth-order valence-electron chi connectivity index (χ4n) is 2.57. The number of aromatic nitrogens is 6. The molecule has 1 amide bonds. The van der Waals surface area contributed by atoms with Gasteiger partial charge < -0.3 is 15.6 Å². The molecule has 0 saturated heterocycles. The zero-order valence-electron chi connectivity index (χ0n) is 13.7. The number of pyridine rings is 1. The third-order valence-electron chi connectivity index (χ3n) is 3.76. The Morgan fingerprint density at radius 1 is 1.38 bits per heavy atom. The van der Waals surface area contributed by atoms with Crippen molar-refractivity contribution in [3.05, 3.63) is 30.0 Å². The van der Waals surface area contributed by atoms with Crippen molar-refractivity contribution in [2.24, 2.45) is 0 Å². The molecule has 9 nitrogen and oxygen atoms in total. The number of rotatable bonds is 6. The number of fused-ring (bicyclic) bond motifs is 1. The van der Waals surface area contributed by atoms with Gasteiger partial charge in [0.25, 0.3) is 5.91 Å². The molecule has 0 unspecified atom stereocenters. The second-order valence-corrected chi connectivity index (χ2v) is 5.40. The van der Waals surface area contributed by atoms with Gasteiger partial charge >= 0.3 is 0 Å². The van der Waals surface area contributed by atoms with Crippen molar-refractivity contribution in [2.45, 2.75) is 39.9 Å². The number of carbonyl (C=O) groups excluding carboxylic acids is 1. The van der Waals surface area contributed by atoms with E-state index in [1.165, 1.54) is 6.20 Å². The number of aryl methyl sites for hydroxylation is 2. The first-order valence-electron chi connectivity index (χ1n) is 7.90. The normalized spacial score (nSPS) is 11.1. The number of anilines is 1. The van der Waals surface area contributed by atoms with Crippen LogP contribution in [0.25, 0.3) is 11.2 Å². The molecule has 0 fully saturated rings. The van der Waals surface area contributed by atoms with Gasteiger partial charge in [-0.15, -0.1) is 10.2 Å². The lowest BCUT2D eigenvalue weighted by molar-refractivity contribution is 0.0949. The predicted molar refractivity (Wildman–Crippen MR) is 89.1 cm³/mol. The van der Waals surface area contributed by atoms with Gasteiger partial charge in [-0.05, 0) is 19.4 Å². The smallest absolute Gasteiger partial charge is 0.253 e. The average molecular weight is 328 g/mol. The molecule has 3 aromatic heterocycles. The minimum Gasteiger partial charge on any atom is -0.369 e. The summed E-state index contributed by atoms with van der Waals surface area (Å²) in [5.74, 6) is 0.879. The molecule has 126 valence electrons. The number of hydrogen-bond acceptors (Lipinski definition) is 6. The highest BCUT2D eigenvalue weighted by Crippen LogP contribution is 2.16. The molecule has 0 bridgehead atoms. The summed E-state index contributed by atoms with van der Waals surface area (Å²) in [7, 11) is 0. The van der Waals surface area contributed by atoms with Gasteiger partial charge in [-0.2, -0.15) is 0 Å². The van der Waals surface area contributed by atoms with Crippen LogP contribution in [-0.4, -0.2) is 35.2 Å². The predicted octanol–water partition coefficient (Wildman–Crippen LogP) is 0.965. The van der Waals surface area contributed by atoms with E-state index in [1.807, 2.05) is 11.5 Å². The number of imidazole rings is 1. The number of nitrogens with one attached hydrogen (secondary N) is 1. The van der Waals surface area contributed by atoms with Gasteiger partial charge in [0.1, 0.15) is 11.8 Å². The van der Waals surface area contributed by atoms with Crippen molar-refractivity contribution in [3.63, 3.8) is 0 Å². The SMILES string of the molecule is CCCn1cnnc1CNC(=O)c1cnc2c(c1)nc(N)n2CC. The van der Waals surface area contributed by atoms with Gasteiger partial charge in [-0.25, -0.2) is 9.97 Å². The Bertz CT molecular complexity index is 866. The molecule has 3 N–H and O–H groups in total. The van der Waals surface area contributed by atoms with Crippen LogP contribution < -0.4 is 11.1 Å². The molecule has 3 aromatic rings. The van der Waals surface area contributed by atoms with Crippen molar-refractivity contribution in [3.8, 4) is 0 Å². The summed E-state index contributed by atoms with van der Waals surface area (Å²) >= 11 is 0. The van der Waals surface area contributed by atoms with Crippen molar-refractivity contribution in [1.29, 1.82) is 0 Å². The van der Waals surface area contributed by atoms with Gasteiger partial charge in [0.05, 0.1) is 12.1 Å². The van der Waals surface area contributed by atoms with Gasteiger partial charge in [0, 0.05) is 19.3 Å². The van der Waals surface area contributed by atoms with Crippen LogP contribution in [0.5, 0.6) is 0 Å². The molecule has 0 atom stereocenters. The first-order valence-corrected chi connectivity index (χ1v) is 7.90. The monoisotopic (exact) mass is 328 g/mol. The average Bonchev–Trinajstić information content (AvgIpc) is 3.15. The molecule has 3 heterocycles.